The van der Waals surface area contributed by atoms with Gasteiger partial charge in [-0.1, -0.05) is 12.1 Å². The van der Waals surface area contributed by atoms with Gasteiger partial charge in [-0.2, -0.15) is 5.10 Å². The van der Waals surface area contributed by atoms with Gasteiger partial charge in [0, 0.05) is 19.4 Å². The van der Waals surface area contributed by atoms with Crippen LogP contribution in [0, 0.1) is 12.7 Å². The van der Waals surface area contributed by atoms with Crippen molar-refractivity contribution < 1.29 is 14.0 Å². The average molecular weight is 277 g/mol. The molecule has 2 rings (SSSR count). The lowest BCUT2D eigenvalue weighted by Crippen LogP contribution is -2.37. The minimum Gasteiger partial charge on any atom is -0.351 e. The first-order chi connectivity index (χ1) is 9.56. The maximum Gasteiger partial charge on any atom is 0.267 e. The summed E-state index contributed by atoms with van der Waals surface area (Å²) >= 11 is 0. The van der Waals surface area contributed by atoms with Crippen molar-refractivity contribution in [2.75, 3.05) is 6.54 Å². The molecule has 0 aromatic heterocycles. The topological polar surface area (TPSA) is 70.6 Å². The number of benzene rings is 1. The molecule has 0 saturated heterocycles. The minimum absolute atomic E-state index is 0.177. The predicted molar refractivity (Wildman–Crippen MR) is 72.7 cm³/mol. The van der Waals surface area contributed by atoms with Gasteiger partial charge in [0.1, 0.15) is 11.5 Å². The normalized spacial score (nSPS) is 14.5. The van der Waals surface area contributed by atoms with Crippen molar-refractivity contribution in [3.63, 3.8) is 0 Å². The Labute approximate surface area is 116 Å². The van der Waals surface area contributed by atoms with Gasteiger partial charge in [0.25, 0.3) is 5.91 Å². The van der Waals surface area contributed by atoms with E-state index in [1.54, 1.807) is 19.1 Å². The van der Waals surface area contributed by atoms with Crippen LogP contribution in [-0.2, 0) is 16.0 Å². The molecule has 106 valence electrons. The maximum absolute atomic E-state index is 13.1. The number of hydrazone groups is 1. The fourth-order valence-corrected chi connectivity index (χ4v) is 1.92. The molecule has 6 heteroatoms. The summed E-state index contributed by atoms with van der Waals surface area (Å²) in [5.74, 6) is -0.683. The Morgan fingerprint density at radius 2 is 2.25 bits per heavy atom. The van der Waals surface area contributed by atoms with Crippen LogP contribution in [0.1, 0.15) is 24.0 Å². The minimum atomic E-state index is -0.274. The second-order valence-electron chi connectivity index (χ2n) is 4.68. The molecule has 1 heterocycles. The standard InChI is InChI=1S/C14H16FN3O2/c1-9-8-10(2-3-11(9)15)6-7-16-14(20)12-4-5-13(19)18-17-12/h2-3,8H,4-7H2,1H3,(H,16,20)(H,18,19). The van der Waals surface area contributed by atoms with Crippen molar-refractivity contribution in [1.82, 2.24) is 10.7 Å². The summed E-state index contributed by atoms with van der Waals surface area (Å²) in [5, 5.41) is 6.45. The van der Waals surface area contributed by atoms with E-state index in [1.807, 2.05) is 0 Å². The van der Waals surface area contributed by atoms with Crippen molar-refractivity contribution >= 4 is 17.5 Å². The predicted octanol–water partition coefficient (Wildman–Crippen LogP) is 1.06. The highest BCUT2D eigenvalue weighted by Crippen LogP contribution is 2.09. The van der Waals surface area contributed by atoms with Crippen LogP contribution in [0.3, 0.4) is 0 Å². The van der Waals surface area contributed by atoms with E-state index in [0.29, 0.717) is 30.7 Å². The number of aryl methyl sites for hydroxylation is 1. The average Bonchev–Trinajstić information content (AvgIpc) is 2.43. The van der Waals surface area contributed by atoms with Crippen molar-refractivity contribution in [3.8, 4) is 0 Å². The van der Waals surface area contributed by atoms with Crippen molar-refractivity contribution in [2.24, 2.45) is 5.10 Å². The van der Waals surface area contributed by atoms with Crippen LogP contribution < -0.4 is 10.7 Å². The molecular weight excluding hydrogens is 261 g/mol. The lowest BCUT2D eigenvalue weighted by Gasteiger charge is -2.12. The van der Waals surface area contributed by atoms with E-state index in [2.05, 4.69) is 15.8 Å². The van der Waals surface area contributed by atoms with Crippen LogP contribution in [0.4, 0.5) is 4.39 Å². The summed E-state index contributed by atoms with van der Waals surface area (Å²) in [6.07, 6.45) is 1.25. The summed E-state index contributed by atoms with van der Waals surface area (Å²) in [7, 11) is 0. The Balaban J connectivity index is 1.82. The number of amides is 2. The first-order valence-corrected chi connectivity index (χ1v) is 6.45. The Hall–Kier alpha value is -2.24. The molecule has 2 amide bonds. The molecule has 0 unspecified atom stereocenters. The van der Waals surface area contributed by atoms with Crippen LogP contribution in [-0.4, -0.2) is 24.1 Å². The number of rotatable bonds is 4. The molecule has 20 heavy (non-hydrogen) atoms. The number of hydrogen-bond acceptors (Lipinski definition) is 3. The summed E-state index contributed by atoms with van der Waals surface area (Å²) in [6.45, 7) is 2.15. The first-order valence-electron chi connectivity index (χ1n) is 6.45. The Kier molecular flexibility index (Phi) is 4.45. The zero-order valence-corrected chi connectivity index (χ0v) is 11.2. The second-order valence-corrected chi connectivity index (χ2v) is 4.68. The largest absolute Gasteiger partial charge is 0.351 e. The van der Waals surface area contributed by atoms with Gasteiger partial charge in [0.15, 0.2) is 0 Å². The molecule has 0 saturated carbocycles. The highest BCUT2D eigenvalue weighted by Gasteiger charge is 2.17. The van der Waals surface area contributed by atoms with Gasteiger partial charge in [0.05, 0.1) is 0 Å². The number of nitrogens with one attached hydrogen (secondary N) is 2. The van der Waals surface area contributed by atoms with Gasteiger partial charge in [-0.05, 0) is 30.5 Å². The highest BCUT2D eigenvalue weighted by molar-refractivity contribution is 6.39. The smallest absolute Gasteiger partial charge is 0.267 e. The molecule has 2 N–H and O–H groups in total. The van der Waals surface area contributed by atoms with Crippen LogP contribution in [0.15, 0.2) is 23.3 Å². The monoisotopic (exact) mass is 277 g/mol. The zero-order valence-electron chi connectivity index (χ0n) is 11.2. The number of carbonyl (C=O) groups is 2. The van der Waals surface area contributed by atoms with E-state index in [9.17, 15) is 14.0 Å². The second kappa shape index (κ2) is 6.27. The number of hydrogen-bond donors (Lipinski definition) is 2. The van der Waals surface area contributed by atoms with E-state index in [1.165, 1.54) is 6.07 Å². The van der Waals surface area contributed by atoms with Crippen molar-refractivity contribution in [3.05, 3.63) is 35.1 Å². The third-order valence-corrected chi connectivity index (χ3v) is 3.09. The van der Waals surface area contributed by atoms with Gasteiger partial charge in [-0.3, -0.25) is 9.59 Å². The molecule has 1 aliphatic heterocycles. The molecule has 0 spiro atoms. The van der Waals surface area contributed by atoms with E-state index in [4.69, 9.17) is 0 Å². The van der Waals surface area contributed by atoms with E-state index < -0.39 is 0 Å². The summed E-state index contributed by atoms with van der Waals surface area (Å²) in [6, 6.07) is 4.89. The molecular formula is C14H16FN3O2. The van der Waals surface area contributed by atoms with Crippen molar-refractivity contribution in [2.45, 2.75) is 26.2 Å². The molecule has 0 fully saturated rings. The molecule has 0 bridgehead atoms. The fraction of sp³-hybridized carbons (Fsp3) is 0.357. The van der Waals surface area contributed by atoms with Gasteiger partial charge < -0.3 is 5.32 Å². The number of halogens is 1. The molecule has 0 aliphatic carbocycles. The first kappa shape index (κ1) is 14.2. The van der Waals surface area contributed by atoms with E-state index in [-0.39, 0.29) is 24.1 Å². The van der Waals surface area contributed by atoms with Crippen molar-refractivity contribution in [1.29, 1.82) is 0 Å². The van der Waals surface area contributed by atoms with Crippen LogP contribution in [0.25, 0.3) is 0 Å². The third kappa shape index (κ3) is 3.63. The summed E-state index contributed by atoms with van der Waals surface area (Å²) in [4.78, 5) is 22.7. The number of nitrogens with zero attached hydrogens (tertiary/aromatic N) is 1. The van der Waals surface area contributed by atoms with Crippen LogP contribution in [0.2, 0.25) is 0 Å². The van der Waals surface area contributed by atoms with E-state index >= 15 is 0 Å². The lowest BCUT2D eigenvalue weighted by atomic mass is 10.1. The molecule has 1 aromatic rings. The Morgan fingerprint density at radius 1 is 1.45 bits per heavy atom. The molecule has 0 atom stereocenters. The van der Waals surface area contributed by atoms with Gasteiger partial charge >= 0.3 is 0 Å². The van der Waals surface area contributed by atoms with Crippen LogP contribution in [0.5, 0.6) is 0 Å². The van der Waals surface area contributed by atoms with Gasteiger partial charge in [0.2, 0.25) is 5.91 Å². The van der Waals surface area contributed by atoms with E-state index in [0.717, 1.165) is 5.56 Å². The fourth-order valence-electron chi connectivity index (χ4n) is 1.92. The third-order valence-electron chi connectivity index (χ3n) is 3.09. The summed E-state index contributed by atoms with van der Waals surface area (Å²) in [5.41, 5.74) is 4.17. The molecule has 1 aromatic carbocycles. The number of carbonyl (C=O) groups excluding carboxylic acids is 2. The van der Waals surface area contributed by atoms with Gasteiger partial charge in [-0.15, -0.1) is 0 Å². The highest BCUT2D eigenvalue weighted by atomic mass is 19.1. The lowest BCUT2D eigenvalue weighted by molar-refractivity contribution is -0.121. The van der Waals surface area contributed by atoms with Crippen LogP contribution >= 0.6 is 0 Å². The SMILES string of the molecule is Cc1cc(CCNC(=O)C2=NNC(=O)CC2)ccc1F. The Bertz CT molecular complexity index is 570. The summed E-state index contributed by atoms with van der Waals surface area (Å²) < 4.78 is 13.1. The maximum atomic E-state index is 13.1. The molecule has 0 radical (unpaired) electrons. The molecule has 5 nitrogen and oxygen atoms in total. The van der Waals surface area contributed by atoms with Gasteiger partial charge in [-0.25, -0.2) is 9.82 Å². The zero-order chi connectivity index (χ0) is 14.5. The Morgan fingerprint density at radius 3 is 2.90 bits per heavy atom. The quantitative estimate of drug-likeness (QED) is 0.864. The molecule has 1 aliphatic rings.